The van der Waals surface area contributed by atoms with Gasteiger partial charge in [0.2, 0.25) is 0 Å². The molecule has 0 heteroatoms. The van der Waals surface area contributed by atoms with Gasteiger partial charge in [-0.3, -0.25) is 0 Å². The summed E-state index contributed by atoms with van der Waals surface area (Å²) < 4.78 is 0. The average molecular weight is 369 g/mol. The van der Waals surface area contributed by atoms with E-state index >= 15 is 0 Å². The van der Waals surface area contributed by atoms with E-state index in [-0.39, 0.29) is 0 Å². The molecule has 4 aliphatic rings. The summed E-state index contributed by atoms with van der Waals surface area (Å²) in [6.07, 6.45) is 22.5. The van der Waals surface area contributed by atoms with E-state index in [1.165, 1.54) is 77.0 Å². The normalized spacial score (nSPS) is 43.6. The third kappa shape index (κ3) is 3.08. The maximum atomic E-state index is 2.69. The minimum atomic E-state index is 0.500. The fourth-order valence-electron chi connectivity index (χ4n) is 7.87. The molecule has 0 saturated heterocycles. The zero-order chi connectivity index (χ0) is 19.3. The molecule has 0 aromatic rings. The van der Waals surface area contributed by atoms with Gasteiger partial charge in [0, 0.05) is 0 Å². The van der Waals surface area contributed by atoms with Crippen molar-refractivity contribution >= 4 is 0 Å². The summed E-state index contributed by atoms with van der Waals surface area (Å²) in [7, 11) is 0. The monoisotopic (exact) mass is 368 g/mol. The number of allylic oxidation sites excluding steroid dienone is 4. The highest BCUT2D eigenvalue weighted by atomic mass is 14.6. The molecule has 0 aromatic heterocycles. The van der Waals surface area contributed by atoms with Crippen LogP contribution in [0.5, 0.6) is 0 Å². The van der Waals surface area contributed by atoms with Gasteiger partial charge in [0.1, 0.15) is 0 Å². The molecular weight excluding hydrogens is 324 g/mol. The van der Waals surface area contributed by atoms with Crippen molar-refractivity contribution in [1.82, 2.24) is 0 Å². The van der Waals surface area contributed by atoms with Crippen molar-refractivity contribution < 1.29 is 0 Å². The van der Waals surface area contributed by atoms with Gasteiger partial charge in [0.25, 0.3) is 0 Å². The highest BCUT2D eigenvalue weighted by Gasteiger charge is 2.59. The van der Waals surface area contributed by atoms with Crippen LogP contribution in [0.15, 0.2) is 23.3 Å². The number of unbranched alkanes of at least 4 members (excludes halogenated alkanes) is 1. The topological polar surface area (TPSA) is 0 Å². The summed E-state index contributed by atoms with van der Waals surface area (Å²) in [4.78, 5) is 0. The first-order chi connectivity index (χ1) is 12.8. The highest BCUT2D eigenvalue weighted by molar-refractivity contribution is 5.38. The molecule has 0 radical (unpaired) electrons. The van der Waals surface area contributed by atoms with Gasteiger partial charge < -0.3 is 0 Å². The molecule has 0 heterocycles. The van der Waals surface area contributed by atoms with Gasteiger partial charge in [-0.1, -0.05) is 83.6 Å². The molecule has 0 nitrogen and oxygen atoms in total. The summed E-state index contributed by atoms with van der Waals surface area (Å²) in [5.74, 6) is 2.59. The number of rotatable bonds is 5. The van der Waals surface area contributed by atoms with Crippen molar-refractivity contribution in [3.63, 3.8) is 0 Å². The first-order valence-corrected chi connectivity index (χ1v) is 12.2. The number of hydrogen-bond acceptors (Lipinski definition) is 0. The van der Waals surface area contributed by atoms with Crippen molar-refractivity contribution in [2.75, 3.05) is 0 Å². The van der Waals surface area contributed by atoms with Gasteiger partial charge in [-0.05, 0) is 85.4 Å². The zero-order valence-electron chi connectivity index (χ0n) is 18.9. The van der Waals surface area contributed by atoms with Crippen LogP contribution in [0.2, 0.25) is 0 Å². The molecule has 4 aliphatic carbocycles. The second kappa shape index (κ2) is 7.07. The van der Waals surface area contributed by atoms with E-state index in [1.54, 1.807) is 5.57 Å². The van der Waals surface area contributed by atoms with E-state index in [2.05, 4.69) is 46.8 Å². The van der Waals surface area contributed by atoms with Crippen LogP contribution in [0.4, 0.5) is 0 Å². The minimum absolute atomic E-state index is 0.500. The molecule has 5 unspecified atom stereocenters. The maximum absolute atomic E-state index is 2.69. The summed E-state index contributed by atoms with van der Waals surface area (Å²) in [6.45, 7) is 12.7. The summed E-state index contributed by atoms with van der Waals surface area (Å²) in [6, 6.07) is 0. The molecule has 0 aliphatic heterocycles. The largest absolute Gasteiger partial charge is 0.0637 e. The molecular formula is C27H44. The highest BCUT2D eigenvalue weighted by Crippen LogP contribution is 2.69. The van der Waals surface area contributed by atoms with Gasteiger partial charge in [0.15, 0.2) is 0 Å². The fourth-order valence-corrected chi connectivity index (χ4v) is 7.87. The molecule has 152 valence electrons. The van der Waals surface area contributed by atoms with Crippen molar-refractivity contribution in [3.8, 4) is 0 Å². The maximum Gasteiger partial charge on any atom is -0.00476 e. The molecule has 27 heavy (non-hydrogen) atoms. The number of fused-ring (bicyclic) bond motifs is 5. The smallest absolute Gasteiger partial charge is 0.00476 e. The van der Waals surface area contributed by atoms with Crippen LogP contribution in [-0.4, -0.2) is 0 Å². The predicted molar refractivity (Wildman–Crippen MR) is 118 cm³/mol. The molecule has 5 atom stereocenters. The minimum Gasteiger partial charge on any atom is -0.0637 e. The van der Waals surface area contributed by atoms with Crippen LogP contribution in [0.25, 0.3) is 0 Å². The van der Waals surface area contributed by atoms with E-state index in [9.17, 15) is 0 Å². The first kappa shape index (κ1) is 19.8. The molecule has 0 aromatic carbocycles. The van der Waals surface area contributed by atoms with Gasteiger partial charge >= 0.3 is 0 Å². The Kier molecular flexibility index (Phi) is 5.18. The van der Waals surface area contributed by atoms with Gasteiger partial charge in [0.05, 0.1) is 0 Å². The Hall–Kier alpha value is -0.520. The van der Waals surface area contributed by atoms with Crippen LogP contribution < -0.4 is 0 Å². The van der Waals surface area contributed by atoms with Gasteiger partial charge in [-0.2, -0.15) is 0 Å². The number of hydrogen-bond donors (Lipinski definition) is 0. The molecule has 3 saturated carbocycles. The van der Waals surface area contributed by atoms with Crippen LogP contribution >= 0.6 is 0 Å². The van der Waals surface area contributed by atoms with E-state index in [4.69, 9.17) is 0 Å². The summed E-state index contributed by atoms with van der Waals surface area (Å²) >= 11 is 0. The molecule has 0 spiro atoms. The second-order valence-corrected chi connectivity index (χ2v) is 11.8. The zero-order valence-corrected chi connectivity index (χ0v) is 18.9. The van der Waals surface area contributed by atoms with Crippen molar-refractivity contribution in [2.45, 2.75) is 112 Å². The van der Waals surface area contributed by atoms with Crippen LogP contribution in [0.3, 0.4) is 0 Å². The summed E-state index contributed by atoms with van der Waals surface area (Å²) in [5.41, 5.74) is 5.28. The standard InChI is InChI=1S/C27H44/c1-20(2)10-6-8-16-25(3)18-14-24-22-13-12-21-11-7-9-17-26(21,4)23(22)15-19-27(24,25)5/h12-13,20,23-24H,6-11,14-19H2,1-5H3. The van der Waals surface area contributed by atoms with E-state index in [0.717, 1.165) is 17.8 Å². The Morgan fingerprint density at radius 2 is 1.70 bits per heavy atom. The first-order valence-electron chi connectivity index (χ1n) is 12.2. The van der Waals surface area contributed by atoms with Gasteiger partial charge in [-0.15, -0.1) is 0 Å². The lowest BCUT2D eigenvalue weighted by molar-refractivity contribution is 0.0114. The molecule has 4 rings (SSSR count). The van der Waals surface area contributed by atoms with Crippen LogP contribution in [-0.2, 0) is 0 Å². The van der Waals surface area contributed by atoms with E-state index in [1.807, 2.05) is 5.57 Å². The Morgan fingerprint density at radius 1 is 0.926 bits per heavy atom. The molecule has 0 bridgehead atoms. The Balaban J connectivity index is 1.54. The van der Waals surface area contributed by atoms with E-state index < -0.39 is 0 Å². The quantitative estimate of drug-likeness (QED) is 0.427. The second-order valence-electron chi connectivity index (χ2n) is 11.8. The third-order valence-electron chi connectivity index (χ3n) is 10.0. The third-order valence-corrected chi connectivity index (χ3v) is 10.0. The summed E-state index contributed by atoms with van der Waals surface area (Å²) in [5, 5.41) is 0. The molecule has 3 fully saturated rings. The Labute approximate surface area is 169 Å². The molecule has 0 amide bonds. The van der Waals surface area contributed by atoms with Crippen molar-refractivity contribution in [1.29, 1.82) is 0 Å². The van der Waals surface area contributed by atoms with Gasteiger partial charge in [-0.25, -0.2) is 0 Å². The molecule has 0 N–H and O–H groups in total. The average Bonchev–Trinajstić information content (AvgIpc) is 2.90. The fraction of sp³-hybridized carbons (Fsp3) is 0.852. The predicted octanol–water partition coefficient (Wildman–Crippen LogP) is 8.48. The lowest BCUT2D eigenvalue weighted by Crippen LogP contribution is -2.47. The Morgan fingerprint density at radius 3 is 2.48 bits per heavy atom. The van der Waals surface area contributed by atoms with Crippen LogP contribution in [0.1, 0.15) is 112 Å². The Bertz CT molecular complexity index is 622. The van der Waals surface area contributed by atoms with Crippen LogP contribution in [0, 0.1) is 34.0 Å². The van der Waals surface area contributed by atoms with E-state index in [0.29, 0.717) is 16.2 Å². The lowest BCUT2D eigenvalue weighted by atomic mass is 9.48. The van der Waals surface area contributed by atoms with Crippen molar-refractivity contribution in [2.24, 2.45) is 34.0 Å². The SMILES string of the molecule is CC(C)CCCCC1(C)CCC2C3=CC=C4CCCCC4(C)C3CCC21C. The van der Waals surface area contributed by atoms with Crippen molar-refractivity contribution in [3.05, 3.63) is 23.3 Å². The lowest BCUT2D eigenvalue weighted by Gasteiger charge is -2.56.